The Kier molecular flexibility index (Phi) is 5.78. The van der Waals surface area contributed by atoms with Gasteiger partial charge >= 0.3 is 6.09 Å². The smallest absolute Gasteiger partial charge is 0.410 e. The number of hydrogen-bond donors (Lipinski definition) is 1. The van der Waals surface area contributed by atoms with Crippen molar-refractivity contribution in [1.82, 2.24) is 14.9 Å². The van der Waals surface area contributed by atoms with Crippen LogP contribution in [0.1, 0.15) is 26.3 Å². The van der Waals surface area contributed by atoms with E-state index in [0.717, 1.165) is 30.0 Å². The van der Waals surface area contributed by atoms with Crippen LogP contribution in [0.3, 0.4) is 0 Å². The van der Waals surface area contributed by atoms with E-state index in [9.17, 15) is 4.79 Å². The van der Waals surface area contributed by atoms with Crippen molar-refractivity contribution in [3.05, 3.63) is 48.5 Å². The van der Waals surface area contributed by atoms with Gasteiger partial charge in [-0.05, 0) is 38.5 Å². The van der Waals surface area contributed by atoms with Crippen LogP contribution in [-0.2, 0) is 11.3 Å². The molecule has 3 heterocycles. The fourth-order valence-corrected chi connectivity index (χ4v) is 2.96. The van der Waals surface area contributed by atoms with Gasteiger partial charge in [0.2, 0.25) is 0 Å². The number of hydrogen-bond acceptors (Lipinski definition) is 6. The van der Waals surface area contributed by atoms with Crippen LogP contribution in [0.2, 0.25) is 0 Å². The molecule has 144 valence electrons. The minimum Gasteiger partial charge on any atom is -0.444 e. The maximum absolute atomic E-state index is 12.2. The first kappa shape index (κ1) is 18.9. The van der Waals surface area contributed by atoms with Gasteiger partial charge in [-0.25, -0.2) is 4.79 Å². The van der Waals surface area contributed by atoms with Crippen LogP contribution in [0.25, 0.3) is 0 Å². The first-order valence-corrected chi connectivity index (χ1v) is 9.22. The summed E-state index contributed by atoms with van der Waals surface area (Å²) in [7, 11) is 0. The minimum absolute atomic E-state index is 0.244. The molecule has 0 aliphatic carbocycles. The van der Waals surface area contributed by atoms with Crippen molar-refractivity contribution in [3.8, 4) is 0 Å². The third kappa shape index (κ3) is 5.32. The van der Waals surface area contributed by atoms with Gasteiger partial charge in [0.1, 0.15) is 5.60 Å². The number of anilines is 2. The van der Waals surface area contributed by atoms with Gasteiger partial charge in [-0.3, -0.25) is 9.97 Å². The van der Waals surface area contributed by atoms with Crippen molar-refractivity contribution in [3.63, 3.8) is 0 Å². The first-order chi connectivity index (χ1) is 12.9. The lowest BCUT2D eigenvalue weighted by Crippen LogP contribution is -2.50. The summed E-state index contributed by atoms with van der Waals surface area (Å²) in [5.41, 5.74) is 2.72. The van der Waals surface area contributed by atoms with E-state index in [-0.39, 0.29) is 6.09 Å². The Balaban J connectivity index is 1.60. The molecule has 7 nitrogen and oxygen atoms in total. The van der Waals surface area contributed by atoms with E-state index in [0.29, 0.717) is 19.6 Å². The fourth-order valence-electron chi connectivity index (χ4n) is 2.96. The second-order valence-electron chi connectivity index (χ2n) is 7.56. The number of aromatic nitrogens is 2. The van der Waals surface area contributed by atoms with E-state index >= 15 is 0 Å². The number of rotatable bonds is 4. The molecule has 1 aliphatic heterocycles. The largest absolute Gasteiger partial charge is 0.444 e. The Labute approximate surface area is 160 Å². The van der Waals surface area contributed by atoms with Gasteiger partial charge in [-0.1, -0.05) is 6.07 Å². The summed E-state index contributed by atoms with van der Waals surface area (Å²) in [6.45, 7) is 9.13. The zero-order chi connectivity index (χ0) is 19.3. The fraction of sp³-hybridized carbons (Fsp3) is 0.450. The zero-order valence-corrected chi connectivity index (χ0v) is 16.2. The molecule has 0 spiro atoms. The van der Waals surface area contributed by atoms with E-state index in [2.05, 4.69) is 20.2 Å². The molecule has 1 fully saturated rings. The number of ether oxygens (including phenoxy) is 1. The van der Waals surface area contributed by atoms with E-state index in [1.165, 1.54) is 0 Å². The summed E-state index contributed by atoms with van der Waals surface area (Å²) in [6.07, 6.45) is 7.01. The van der Waals surface area contributed by atoms with E-state index in [1.54, 1.807) is 17.3 Å². The molecule has 0 unspecified atom stereocenters. The maximum atomic E-state index is 12.2. The van der Waals surface area contributed by atoms with Crippen LogP contribution in [0.4, 0.5) is 16.2 Å². The van der Waals surface area contributed by atoms with Gasteiger partial charge in [0.15, 0.2) is 0 Å². The highest BCUT2D eigenvalue weighted by Gasteiger charge is 2.26. The second kappa shape index (κ2) is 8.24. The third-order valence-electron chi connectivity index (χ3n) is 4.28. The number of nitrogens with zero attached hydrogens (tertiary/aromatic N) is 4. The second-order valence-corrected chi connectivity index (χ2v) is 7.56. The lowest BCUT2D eigenvalue weighted by molar-refractivity contribution is 0.0240. The van der Waals surface area contributed by atoms with Crippen LogP contribution in [0.5, 0.6) is 0 Å². The molecule has 1 saturated heterocycles. The zero-order valence-electron chi connectivity index (χ0n) is 16.2. The van der Waals surface area contributed by atoms with Crippen LogP contribution < -0.4 is 10.2 Å². The van der Waals surface area contributed by atoms with Gasteiger partial charge < -0.3 is 19.9 Å². The van der Waals surface area contributed by atoms with Crippen molar-refractivity contribution < 1.29 is 9.53 Å². The van der Waals surface area contributed by atoms with Gasteiger partial charge in [0.05, 0.1) is 17.6 Å². The van der Waals surface area contributed by atoms with Crippen LogP contribution in [0, 0.1) is 0 Å². The summed E-state index contributed by atoms with van der Waals surface area (Å²) in [5.74, 6) is 0. The monoisotopic (exact) mass is 369 g/mol. The van der Waals surface area contributed by atoms with Crippen LogP contribution in [-0.4, -0.2) is 52.7 Å². The van der Waals surface area contributed by atoms with Gasteiger partial charge in [0, 0.05) is 51.3 Å². The Morgan fingerprint density at radius 1 is 1.11 bits per heavy atom. The Morgan fingerprint density at radius 3 is 2.52 bits per heavy atom. The van der Waals surface area contributed by atoms with Crippen molar-refractivity contribution in [1.29, 1.82) is 0 Å². The molecule has 1 amide bonds. The standard InChI is InChI=1S/C20H27N5O2/c1-20(2,3)27-19(26)25-11-9-24(10-12-25)18-6-8-22-15-17(18)23-14-16-5-4-7-21-13-16/h4-8,13,15,23H,9-12,14H2,1-3H3. The molecule has 2 aromatic rings. The molecule has 0 atom stereocenters. The number of carbonyl (C=O) groups is 1. The van der Waals surface area contributed by atoms with E-state index in [4.69, 9.17) is 4.74 Å². The quantitative estimate of drug-likeness (QED) is 0.893. The molecule has 1 N–H and O–H groups in total. The predicted octanol–water partition coefficient (Wildman–Crippen LogP) is 3.15. The average Bonchev–Trinajstić information content (AvgIpc) is 2.66. The molecule has 7 heteroatoms. The van der Waals surface area contributed by atoms with Crippen LogP contribution in [0.15, 0.2) is 43.0 Å². The van der Waals surface area contributed by atoms with Gasteiger partial charge in [0.25, 0.3) is 0 Å². The molecule has 2 aromatic heterocycles. The van der Waals surface area contributed by atoms with Crippen LogP contribution >= 0.6 is 0 Å². The van der Waals surface area contributed by atoms with Crippen molar-refractivity contribution >= 4 is 17.5 Å². The van der Waals surface area contributed by atoms with Crippen molar-refractivity contribution in [2.24, 2.45) is 0 Å². The summed E-state index contributed by atoms with van der Waals surface area (Å²) in [6, 6.07) is 5.97. The third-order valence-corrected chi connectivity index (χ3v) is 4.28. The average molecular weight is 369 g/mol. The van der Waals surface area contributed by atoms with Crippen molar-refractivity contribution in [2.45, 2.75) is 32.9 Å². The number of pyridine rings is 2. The lowest BCUT2D eigenvalue weighted by Gasteiger charge is -2.37. The molecule has 0 bridgehead atoms. The molecule has 0 radical (unpaired) electrons. The Hall–Kier alpha value is -2.83. The molecular weight excluding hydrogens is 342 g/mol. The molecule has 3 rings (SSSR count). The highest BCUT2D eigenvalue weighted by Crippen LogP contribution is 2.26. The van der Waals surface area contributed by atoms with E-state index in [1.807, 2.05) is 51.4 Å². The Bertz CT molecular complexity index is 752. The number of amides is 1. The molecule has 27 heavy (non-hydrogen) atoms. The predicted molar refractivity (Wildman–Crippen MR) is 106 cm³/mol. The Morgan fingerprint density at radius 2 is 1.85 bits per heavy atom. The maximum Gasteiger partial charge on any atom is 0.410 e. The number of piperazine rings is 1. The summed E-state index contributed by atoms with van der Waals surface area (Å²) in [5, 5.41) is 3.44. The summed E-state index contributed by atoms with van der Waals surface area (Å²) >= 11 is 0. The first-order valence-electron chi connectivity index (χ1n) is 9.22. The lowest BCUT2D eigenvalue weighted by atomic mass is 10.2. The number of carbonyl (C=O) groups excluding carboxylic acids is 1. The molecular formula is C20H27N5O2. The molecule has 1 aliphatic rings. The van der Waals surface area contributed by atoms with Crippen molar-refractivity contribution in [2.75, 3.05) is 36.4 Å². The SMILES string of the molecule is CC(C)(C)OC(=O)N1CCN(c2ccncc2NCc2cccnc2)CC1. The highest BCUT2D eigenvalue weighted by molar-refractivity contribution is 5.71. The molecule has 0 saturated carbocycles. The number of nitrogens with one attached hydrogen (secondary N) is 1. The van der Waals surface area contributed by atoms with E-state index < -0.39 is 5.60 Å². The normalized spacial score (nSPS) is 14.8. The summed E-state index contributed by atoms with van der Waals surface area (Å²) < 4.78 is 5.47. The minimum atomic E-state index is -0.470. The van der Waals surface area contributed by atoms with Gasteiger partial charge in [-0.15, -0.1) is 0 Å². The molecule has 0 aromatic carbocycles. The highest BCUT2D eigenvalue weighted by atomic mass is 16.6. The summed E-state index contributed by atoms with van der Waals surface area (Å²) in [4.78, 5) is 24.7. The topological polar surface area (TPSA) is 70.6 Å². The van der Waals surface area contributed by atoms with Gasteiger partial charge in [-0.2, -0.15) is 0 Å².